The smallest absolute Gasteiger partial charge is 0.159 e. The van der Waals surface area contributed by atoms with E-state index in [1.807, 2.05) is 18.5 Å². The molecule has 0 aliphatic heterocycles. The van der Waals surface area contributed by atoms with Gasteiger partial charge in [0.15, 0.2) is 5.15 Å². The van der Waals surface area contributed by atoms with E-state index >= 15 is 0 Å². The zero-order chi connectivity index (χ0) is 22.8. The Labute approximate surface area is 190 Å². The standard InChI is InChI=1S/C23H31ClN4O2S/c1-7-27-14-19(18-12-17(25-13-21(18)27)8-9-23(2,3)29)20-15-28(26-22(20)24)16-30-10-11-31(4,5)6/h12-15,29H,7,10-11,16H2,1-6H3. The number of pyridine rings is 1. The van der Waals surface area contributed by atoms with E-state index in [1.165, 1.54) is 0 Å². The summed E-state index contributed by atoms with van der Waals surface area (Å²) in [6.07, 6.45) is 12.6. The SMILES string of the molecule is CCn1cc(-c2cn(COCCS(C)(C)C)nc2Cl)c2cc(C#CC(C)(C)O)ncc21. The summed E-state index contributed by atoms with van der Waals surface area (Å²) in [7, 11) is -0.583. The third-order valence-corrected chi connectivity index (χ3v) is 6.35. The van der Waals surface area contributed by atoms with Gasteiger partial charge in [0.1, 0.15) is 18.0 Å². The molecule has 0 spiro atoms. The largest absolute Gasteiger partial charge is 0.378 e. The van der Waals surface area contributed by atoms with Crippen LogP contribution < -0.4 is 0 Å². The van der Waals surface area contributed by atoms with Crippen molar-refractivity contribution in [3.8, 4) is 23.0 Å². The highest BCUT2D eigenvalue weighted by molar-refractivity contribution is 8.32. The van der Waals surface area contributed by atoms with Crippen LogP contribution in [-0.4, -0.2) is 61.2 Å². The van der Waals surface area contributed by atoms with Gasteiger partial charge in [-0.2, -0.15) is 5.10 Å². The highest BCUT2D eigenvalue weighted by atomic mass is 35.5. The molecule has 0 aliphatic carbocycles. The van der Waals surface area contributed by atoms with Crippen LogP contribution in [0.2, 0.25) is 5.15 Å². The summed E-state index contributed by atoms with van der Waals surface area (Å²) in [5.74, 6) is 6.83. The number of ether oxygens (including phenoxy) is 1. The first-order chi connectivity index (χ1) is 14.5. The van der Waals surface area contributed by atoms with Crippen LogP contribution in [0, 0.1) is 11.8 Å². The van der Waals surface area contributed by atoms with Crippen molar-refractivity contribution >= 4 is 32.5 Å². The Kier molecular flexibility index (Phi) is 7.07. The minimum absolute atomic E-state index is 0.367. The van der Waals surface area contributed by atoms with E-state index in [0.717, 1.165) is 34.3 Å². The number of aliphatic hydroxyl groups is 1. The second-order valence-electron chi connectivity index (χ2n) is 8.93. The first-order valence-corrected chi connectivity index (χ1v) is 13.6. The molecule has 3 aromatic heterocycles. The number of hydrogen-bond donors (Lipinski definition) is 1. The van der Waals surface area contributed by atoms with Gasteiger partial charge in [-0.3, -0.25) is 0 Å². The number of fused-ring (bicyclic) bond motifs is 1. The maximum atomic E-state index is 9.89. The van der Waals surface area contributed by atoms with Gasteiger partial charge in [-0.05, 0) is 51.5 Å². The van der Waals surface area contributed by atoms with Crippen LogP contribution in [0.15, 0.2) is 24.7 Å². The Morgan fingerprint density at radius 2 is 1.97 bits per heavy atom. The average Bonchev–Trinajstić information content (AvgIpc) is 3.21. The quantitative estimate of drug-likeness (QED) is 0.418. The van der Waals surface area contributed by atoms with Gasteiger partial charge in [-0.25, -0.2) is 19.7 Å². The molecule has 0 saturated heterocycles. The van der Waals surface area contributed by atoms with E-state index in [1.54, 1.807) is 18.5 Å². The highest BCUT2D eigenvalue weighted by Gasteiger charge is 2.17. The fourth-order valence-electron chi connectivity index (χ4n) is 3.06. The molecule has 0 fully saturated rings. The summed E-state index contributed by atoms with van der Waals surface area (Å²) in [6.45, 7) is 7.26. The summed E-state index contributed by atoms with van der Waals surface area (Å²) in [6, 6.07) is 1.94. The van der Waals surface area contributed by atoms with Crippen molar-refractivity contribution in [3.63, 3.8) is 0 Å². The van der Waals surface area contributed by atoms with Crippen LogP contribution in [0.25, 0.3) is 22.0 Å². The summed E-state index contributed by atoms with van der Waals surface area (Å²) in [4.78, 5) is 4.45. The van der Waals surface area contributed by atoms with Crippen molar-refractivity contribution < 1.29 is 9.84 Å². The van der Waals surface area contributed by atoms with Crippen molar-refractivity contribution in [2.45, 2.75) is 39.6 Å². The lowest BCUT2D eigenvalue weighted by atomic mass is 10.1. The van der Waals surface area contributed by atoms with Gasteiger partial charge in [0.25, 0.3) is 0 Å². The van der Waals surface area contributed by atoms with Gasteiger partial charge in [-0.1, -0.05) is 17.5 Å². The predicted molar refractivity (Wildman–Crippen MR) is 131 cm³/mol. The minimum atomic E-state index is -1.08. The lowest BCUT2D eigenvalue weighted by Gasteiger charge is -2.24. The zero-order valence-corrected chi connectivity index (χ0v) is 20.6. The molecule has 0 saturated carbocycles. The third-order valence-electron chi connectivity index (χ3n) is 4.68. The highest BCUT2D eigenvalue weighted by Crippen LogP contribution is 2.35. The molecule has 168 valence electrons. The maximum absolute atomic E-state index is 9.89. The van der Waals surface area contributed by atoms with Crippen LogP contribution in [0.4, 0.5) is 0 Å². The van der Waals surface area contributed by atoms with E-state index in [9.17, 15) is 5.11 Å². The molecule has 1 N–H and O–H groups in total. The molecule has 31 heavy (non-hydrogen) atoms. The molecule has 3 heterocycles. The normalized spacial score (nSPS) is 12.8. The maximum Gasteiger partial charge on any atom is 0.159 e. The van der Waals surface area contributed by atoms with Gasteiger partial charge in [0.2, 0.25) is 0 Å². The minimum Gasteiger partial charge on any atom is -0.378 e. The number of nitrogens with zero attached hydrogens (tertiary/aromatic N) is 4. The monoisotopic (exact) mass is 462 g/mol. The molecule has 0 amide bonds. The van der Waals surface area contributed by atoms with Crippen LogP contribution >= 0.6 is 21.6 Å². The average molecular weight is 463 g/mol. The fraction of sp³-hybridized carbons (Fsp3) is 0.478. The van der Waals surface area contributed by atoms with Crippen molar-refractivity contribution in [2.75, 3.05) is 31.1 Å². The van der Waals surface area contributed by atoms with Crippen LogP contribution in [0.5, 0.6) is 0 Å². The summed E-state index contributed by atoms with van der Waals surface area (Å²) in [5.41, 5.74) is 2.34. The Bertz CT molecular complexity index is 1130. The molecule has 0 radical (unpaired) electrons. The second kappa shape index (κ2) is 9.25. The number of aromatic nitrogens is 4. The topological polar surface area (TPSA) is 65.1 Å². The Morgan fingerprint density at radius 3 is 2.61 bits per heavy atom. The second-order valence-corrected chi connectivity index (χ2v) is 13.9. The molecule has 3 aromatic rings. The fourth-order valence-corrected chi connectivity index (χ4v) is 3.93. The van der Waals surface area contributed by atoms with Crippen LogP contribution in [0.3, 0.4) is 0 Å². The number of hydrogen-bond acceptors (Lipinski definition) is 4. The van der Waals surface area contributed by atoms with Gasteiger partial charge < -0.3 is 14.4 Å². The van der Waals surface area contributed by atoms with Crippen LogP contribution in [-0.2, 0) is 18.0 Å². The Hall–Kier alpha value is -1.98. The number of aryl methyl sites for hydroxylation is 1. The molecular weight excluding hydrogens is 432 g/mol. The van der Waals surface area contributed by atoms with Gasteiger partial charge in [0.05, 0.1) is 18.3 Å². The molecule has 0 atom stereocenters. The lowest BCUT2D eigenvalue weighted by Crippen LogP contribution is -2.14. The van der Waals surface area contributed by atoms with Crippen molar-refractivity contribution in [1.29, 1.82) is 0 Å². The van der Waals surface area contributed by atoms with E-state index in [0.29, 0.717) is 24.2 Å². The first-order valence-electron chi connectivity index (χ1n) is 10.2. The molecule has 0 aromatic carbocycles. The van der Waals surface area contributed by atoms with Gasteiger partial charge in [0, 0.05) is 41.2 Å². The summed E-state index contributed by atoms with van der Waals surface area (Å²) < 4.78 is 9.67. The molecular formula is C23H31ClN4O2S. The molecule has 3 rings (SSSR count). The summed E-state index contributed by atoms with van der Waals surface area (Å²) >= 11 is 6.51. The lowest BCUT2D eigenvalue weighted by molar-refractivity contribution is 0.0810. The molecule has 0 bridgehead atoms. The zero-order valence-electron chi connectivity index (χ0n) is 19.1. The van der Waals surface area contributed by atoms with Crippen molar-refractivity contribution in [2.24, 2.45) is 0 Å². The predicted octanol–water partition coefficient (Wildman–Crippen LogP) is 4.36. The van der Waals surface area contributed by atoms with Crippen LogP contribution in [0.1, 0.15) is 26.5 Å². The molecule has 0 aliphatic rings. The van der Waals surface area contributed by atoms with E-state index in [4.69, 9.17) is 16.3 Å². The van der Waals surface area contributed by atoms with Gasteiger partial charge >= 0.3 is 0 Å². The third kappa shape index (κ3) is 6.27. The van der Waals surface area contributed by atoms with Gasteiger partial charge in [-0.15, -0.1) is 0 Å². The Balaban J connectivity index is 1.92. The molecule has 8 heteroatoms. The van der Waals surface area contributed by atoms with E-state index in [2.05, 4.69) is 58.4 Å². The molecule has 6 nitrogen and oxygen atoms in total. The van der Waals surface area contributed by atoms with E-state index < -0.39 is 15.6 Å². The first kappa shape index (κ1) is 23.7. The molecule has 0 unspecified atom stereocenters. The summed E-state index contributed by atoms with van der Waals surface area (Å²) in [5, 5.41) is 15.8. The van der Waals surface area contributed by atoms with Crippen molar-refractivity contribution in [1.82, 2.24) is 19.3 Å². The van der Waals surface area contributed by atoms with E-state index in [-0.39, 0.29) is 0 Å². The Morgan fingerprint density at radius 1 is 1.23 bits per heavy atom. The van der Waals surface area contributed by atoms with Crippen molar-refractivity contribution in [3.05, 3.63) is 35.5 Å². The number of halogens is 1. The number of rotatable bonds is 7.